The maximum atomic E-state index is 6.04. The summed E-state index contributed by atoms with van der Waals surface area (Å²) in [6, 6.07) is 11.5. The lowest BCUT2D eigenvalue weighted by Crippen LogP contribution is -2.43. The standard InChI is InChI=1S/C16H23NO/c1-12-10-17-15-9-14(7-8-16(15)18-11-12)13-5-3-2-4-6-13/h2-6,12,14-17H,7-11H2,1H3. The average Bonchev–Trinajstić information content (AvgIpc) is 2.62. The van der Waals surface area contributed by atoms with Gasteiger partial charge in [0.15, 0.2) is 0 Å². The first-order valence-corrected chi connectivity index (χ1v) is 7.23. The van der Waals surface area contributed by atoms with Gasteiger partial charge in [0.25, 0.3) is 0 Å². The van der Waals surface area contributed by atoms with E-state index in [-0.39, 0.29) is 0 Å². The Hall–Kier alpha value is -0.860. The van der Waals surface area contributed by atoms with E-state index in [1.807, 2.05) is 0 Å². The predicted octanol–water partition coefficient (Wildman–Crippen LogP) is 2.95. The van der Waals surface area contributed by atoms with Crippen LogP contribution in [-0.4, -0.2) is 25.3 Å². The third-order valence-electron chi connectivity index (χ3n) is 4.38. The monoisotopic (exact) mass is 245 g/mol. The first-order chi connectivity index (χ1) is 8.83. The number of rotatable bonds is 1. The topological polar surface area (TPSA) is 21.3 Å². The van der Waals surface area contributed by atoms with E-state index < -0.39 is 0 Å². The molecule has 1 aliphatic heterocycles. The van der Waals surface area contributed by atoms with Crippen LogP contribution in [0.15, 0.2) is 30.3 Å². The molecule has 0 bridgehead atoms. The van der Waals surface area contributed by atoms with Gasteiger partial charge in [-0.1, -0.05) is 37.3 Å². The fourth-order valence-electron chi connectivity index (χ4n) is 3.28. The van der Waals surface area contributed by atoms with Crippen molar-refractivity contribution in [2.75, 3.05) is 13.2 Å². The highest BCUT2D eigenvalue weighted by atomic mass is 16.5. The molecule has 4 unspecified atom stereocenters. The van der Waals surface area contributed by atoms with Gasteiger partial charge in [0.1, 0.15) is 0 Å². The normalized spacial score (nSPS) is 36.7. The number of hydrogen-bond donors (Lipinski definition) is 1. The highest BCUT2D eigenvalue weighted by Crippen LogP contribution is 2.35. The molecule has 1 N–H and O–H groups in total. The molecule has 2 nitrogen and oxygen atoms in total. The Labute approximate surface area is 110 Å². The summed E-state index contributed by atoms with van der Waals surface area (Å²) in [6.45, 7) is 4.28. The Balaban J connectivity index is 1.69. The summed E-state index contributed by atoms with van der Waals surface area (Å²) in [4.78, 5) is 0. The molecule has 0 amide bonds. The number of nitrogens with one attached hydrogen (secondary N) is 1. The zero-order chi connectivity index (χ0) is 12.4. The molecule has 1 aliphatic carbocycles. The molecule has 98 valence electrons. The van der Waals surface area contributed by atoms with Gasteiger partial charge in [-0.05, 0) is 36.7 Å². The zero-order valence-electron chi connectivity index (χ0n) is 11.1. The molecule has 2 aliphatic rings. The van der Waals surface area contributed by atoms with Crippen molar-refractivity contribution >= 4 is 0 Å². The smallest absolute Gasteiger partial charge is 0.0728 e. The summed E-state index contributed by atoms with van der Waals surface area (Å²) in [5.41, 5.74) is 1.50. The van der Waals surface area contributed by atoms with Gasteiger partial charge in [0.05, 0.1) is 12.7 Å². The molecule has 1 heterocycles. The van der Waals surface area contributed by atoms with Gasteiger partial charge in [0.2, 0.25) is 0 Å². The molecule has 2 heteroatoms. The van der Waals surface area contributed by atoms with E-state index in [2.05, 4.69) is 42.6 Å². The Bertz CT molecular complexity index is 378. The third kappa shape index (κ3) is 2.60. The predicted molar refractivity (Wildman–Crippen MR) is 73.7 cm³/mol. The molecular formula is C16H23NO. The average molecular weight is 245 g/mol. The van der Waals surface area contributed by atoms with Crippen LogP contribution in [0, 0.1) is 5.92 Å². The Morgan fingerprint density at radius 3 is 2.83 bits per heavy atom. The van der Waals surface area contributed by atoms with Gasteiger partial charge >= 0.3 is 0 Å². The minimum atomic E-state index is 0.440. The van der Waals surface area contributed by atoms with Crippen LogP contribution < -0.4 is 5.32 Å². The lowest BCUT2D eigenvalue weighted by Gasteiger charge is -2.35. The van der Waals surface area contributed by atoms with Crippen LogP contribution >= 0.6 is 0 Å². The highest BCUT2D eigenvalue weighted by molar-refractivity contribution is 5.20. The van der Waals surface area contributed by atoms with Crippen LogP contribution in [0.2, 0.25) is 0 Å². The summed E-state index contributed by atoms with van der Waals surface area (Å²) in [5.74, 6) is 1.35. The minimum Gasteiger partial charge on any atom is -0.376 e. The summed E-state index contributed by atoms with van der Waals surface area (Å²) in [6.07, 6.45) is 4.13. The third-order valence-corrected chi connectivity index (χ3v) is 4.38. The van der Waals surface area contributed by atoms with Crippen molar-refractivity contribution in [2.45, 2.75) is 44.2 Å². The number of benzene rings is 1. The van der Waals surface area contributed by atoms with Gasteiger partial charge in [-0.3, -0.25) is 0 Å². The fourth-order valence-corrected chi connectivity index (χ4v) is 3.28. The van der Waals surface area contributed by atoms with Crippen LogP contribution in [0.4, 0.5) is 0 Å². The summed E-state index contributed by atoms with van der Waals surface area (Å²) in [5, 5.41) is 3.71. The van der Waals surface area contributed by atoms with Gasteiger partial charge in [0, 0.05) is 12.6 Å². The Kier molecular flexibility index (Phi) is 3.67. The molecule has 18 heavy (non-hydrogen) atoms. The summed E-state index contributed by atoms with van der Waals surface area (Å²) in [7, 11) is 0. The SMILES string of the molecule is CC1CNC2CC(c3ccccc3)CCC2OC1. The van der Waals surface area contributed by atoms with Crippen molar-refractivity contribution in [1.82, 2.24) is 5.32 Å². The zero-order valence-corrected chi connectivity index (χ0v) is 11.1. The second-order valence-corrected chi connectivity index (χ2v) is 5.91. The molecule has 0 spiro atoms. The summed E-state index contributed by atoms with van der Waals surface area (Å²) < 4.78 is 6.04. The van der Waals surface area contributed by atoms with Crippen LogP contribution in [0.3, 0.4) is 0 Å². The van der Waals surface area contributed by atoms with E-state index in [4.69, 9.17) is 4.74 Å². The lowest BCUT2D eigenvalue weighted by atomic mass is 9.80. The van der Waals surface area contributed by atoms with Crippen LogP contribution in [0.1, 0.15) is 37.7 Å². The van der Waals surface area contributed by atoms with Gasteiger partial charge in [-0.2, -0.15) is 0 Å². The minimum absolute atomic E-state index is 0.440. The maximum absolute atomic E-state index is 6.04. The van der Waals surface area contributed by atoms with Crippen molar-refractivity contribution in [1.29, 1.82) is 0 Å². The van der Waals surface area contributed by atoms with Crippen LogP contribution in [-0.2, 0) is 4.74 Å². The molecule has 1 aromatic rings. The summed E-state index contributed by atoms with van der Waals surface area (Å²) >= 11 is 0. The first-order valence-electron chi connectivity index (χ1n) is 7.23. The van der Waals surface area contributed by atoms with E-state index >= 15 is 0 Å². The molecule has 0 aromatic heterocycles. The molecule has 3 rings (SSSR count). The second kappa shape index (κ2) is 5.41. The molecule has 2 fully saturated rings. The second-order valence-electron chi connectivity index (χ2n) is 5.91. The van der Waals surface area contributed by atoms with E-state index in [0.29, 0.717) is 24.0 Å². The molecule has 1 saturated heterocycles. The molecule has 1 aromatic carbocycles. The van der Waals surface area contributed by atoms with Gasteiger partial charge in [-0.15, -0.1) is 0 Å². The first kappa shape index (κ1) is 12.2. The molecule has 4 atom stereocenters. The Morgan fingerprint density at radius 2 is 2.00 bits per heavy atom. The van der Waals surface area contributed by atoms with E-state index in [1.54, 1.807) is 0 Å². The van der Waals surface area contributed by atoms with Gasteiger partial charge in [-0.25, -0.2) is 0 Å². The van der Waals surface area contributed by atoms with Crippen LogP contribution in [0.25, 0.3) is 0 Å². The van der Waals surface area contributed by atoms with Crippen molar-refractivity contribution < 1.29 is 4.74 Å². The number of fused-ring (bicyclic) bond motifs is 1. The number of hydrogen-bond acceptors (Lipinski definition) is 2. The quantitative estimate of drug-likeness (QED) is 0.821. The highest BCUT2D eigenvalue weighted by Gasteiger charge is 2.33. The van der Waals surface area contributed by atoms with E-state index in [9.17, 15) is 0 Å². The van der Waals surface area contributed by atoms with Crippen molar-refractivity contribution in [3.05, 3.63) is 35.9 Å². The fraction of sp³-hybridized carbons (Fsp3) is 0.625. The largest absolute Gasteiger partial charge is 0.376 e. The van der Waals surface area contributed by atoms with E-state index in [0.717, 1.165) is 13.2 Å². The maximum Gasteiger partial charge on any atom is 0.0728 e. The van der Waals surface area contributed by atoms with Crippen LogP contribution in [0.5, 0.6) is 0 Å². The molecular weight excluding hydrogens is 222 g/mol. The van der Waals surface area contributed by atoms with Crippen molar-refractivity contribution in [2.24, 2.45) is 5.92 Å². The lowest BCUT2D eigenvalue weighted by molar-refractivity contribution is 0.00811. The van der Waals surface area contributed by atoms with E-state index in [1.165, 1.54) is 24.8 Å². The van der Waals surface area contributed by atoms with Crippen molar-refractivity contribution in [3.8, 4) is 0 Å². The molecule has 0 radical (unpaired) electrons. The van der Waals surface area contributed by atoms with Crippen molar-refractivity contribution in [3.63, 3.8) is 0 Å². The molecule has 1 saturated carbocycles. The Morgan fingerprint density at radius 1 is 1.17 bits per heavy atom. The number of ether oxygens (including phenoxy) is 1. The van der Waals surface area contributed by atoms with Gasteiger partial charge < -0.3 is 10.1 Å².